The van der Waals surface area contributed by atoms with Crippen molar-refractivity contribution in [2.24, 2.45) is 0 Å². The molecule has 0 bridgehead atoms. The van der Waals surface area contributed by atoms with Crippen molar-refractivity contribution in [3.05, 3.63) is 29.8 Å². The van der Waals surface area contributed by atoms with Gasteiger partial charge in [0, 0.05) is 12.5 Å². The third-order valence-corrected chi connectivity index (χ3v) is 4.83. The number of aromatic hydroxyl groups is 2. The minimum Gasteiger partial charge on any atom is -0.504 e. The van der Waals surface area contributed by atoms with E-state index in [1.807, 2.05) is 0 Å². The zero-order valence-corrected chi connectivity index (χ0v) is 18.6. The van der Waals surface area contributed by atoms with Crippen molar-refractivity contribution >= 4 is 18.0 Å². The molecule has 0 saturated carbocycles. The molecule has 32 heavy (non-hydrogen) atoms. The Labute approximate surface area is 189 Å². The second-order valence-corrected chi connectivity index (χ2v) is 7.70. The normalized spacial score (nSPS) is 12.1. The van der Waals surface area contributed by atoms with E-state index in [0.29, 0.717) is 18.6 Å². The third kappa shape index (κ3) is 13.7. The maximum Gasteiger partial charge on any atom is 0.330 e. The highest BCUT2D eigenvalue weighted by Crippen LogP contribution is 2.25. The summed E-state index contributed by atoms with van der Waals surface area (Å²) in [5, 5.41) is 36.4. The molecule has 4 N–H and O–H groups in total. The van der Waals surface area contributed by atoms with E-state index in [-0.39, 0.29) is 24.1 Å². The van der Waals surface area contributed by atoms with Gasteiger partial charge in [0.05, 0.1) is 13.2 Å². The van der Waals surface area contributed by atoms with Crippen molar-refractivity contribution in [1.82, 2.24) is 0 Å². The number of ether oxygens (including phenoxy) is 2. The molecule has 1 atom stereocenters. The molecule has 0 fully saturated rings. The van der Waals surface area contributed by atoms with Crippen molar-refractivity contribution < 1.29 is 39.5 Å². The second kappa shape index (κ2) is 17.0. The van der Waals surface area contributed by atoms with Crippen molar-refractivity contribution in [1.29, 1.82) is 0 Å². The van der Waals surface area contributed by atoms with Crippen LogP contribution in [0.1, 0.15) is 69.8 Å². The van der Waals surface area contributed by atoms with Crippen LogP contribution in [0.3, 0.4) is 0 Å². The van der Waals surface area contributed by atoms with Crippen LogP contribution in [0.15, 0.2) is 24.3 Å². The number of aliphatic hydroxyl groups is 2. The van der Waals surface area contributed by atoms with Crippen LogP contribution in [0.4, 0.5) is 0 Å². The number of carbonyl (C=O) groups is 2. The Bertz CT molecular complexity index is 701. The topological polar surface area (TPSA) is 134 Å². The quantitative estimate of drug-likeness (QED) is 0.122. The van der Waals surface area contributed by atoms with Crippen LogP contribution in [0, 0.1) is 0 Å². The predicted octanol–water partition coefficient (Wildman–Crippen LogP) is 3.45. The number of hydrogen-bond donors (Lipinski definition) is 4. The first-order valence-corrected chi connectivity index (χ1v) is 11.2. The minimum atomic E-state index is -1.00. The Morgan fingerprint density at radius 1 is 0.875 bits per heavy atom. The van der Waals surface area contributed by atoms with Gasteiger partial charge < -0.3 is 29.9 Å². The Morgan fingerprint density at radius 2 is 1.50 bits per heavy atom. The molecule has 0 amide bonds. The van der Waals surface area contributed by atoms with E-state index in [4.69, 9.17) is 19.7 Å². The molecular weight excluding hydrogens is 416 g/mol. The van der Waals surface area contributed by atoms with E-state index in [2.05, 4.69) is 0 Å². The van der Waals surface area contributed by atoms with Gasteiger partial charge in [-0.1, -0.05) is 51.0 Å². The van der Waals surface area contributed by atoms with E-state index >= 15 is 0 Å². The number of esters is 2. The van der Waals surface area contributed by atoms with Crippen molar-refractivity contribution in [2.75, 3.05) is 19.8 Å². The van der Waals surface area contributed by atoms with Crippen LogP contribution in [0.5, 0.6) is 11.5 Å². The molecule has 0 aliphatic rings. The van der Waals surface area contributed by atoms with Crippen LogP contribution in [0.25, 0.3) is 6.08 Å². The number of benzene rings is 1. The summed E-state index contributed by atoms with van der Waals surface area (Å²) in [7, 11) is 0. The molecule has 1 aromatic rings. The van der Waals surface area contributed by atoms with Crippen LogP contribution in [-0.4, -0.2) is 58.3 Å². The third-order valence-electron chi connectivity index (χ3n) is 4.83. The maximum absolute atomic E-state index is 11.7. The molecule has 0 aliphatic carbocycles. The molecule has 0 radical (unpaired) electrons. The fraction of sp³-hybridized carbons (Fsp3) is 0.583. The highest BCUT2D eigenvalue weighted by atomic mass is 16.5. The fourth-order valence-corrected chi connectivity index (χ4v) is 2.95. The summed E-state index contributed by atoms with van der Waals surface area (Å²) in [4.78, 5) is 23.1. The molecule has 180 valence electrons. The molecular formula is C24H36O8. The smallest absolute Gasteiger partial charge is 0.330 e. The monoisotopic (exact) mass is 452 g/mol. The van der Waals surface area contributed by atoms with Gasteiger partial charge in [-0.25, -0.2) is 4.79 Å². The molecule has 8 heteroatoms. The summed E-state index contributed by atoms with van der Waals surface area (Å²) in [5.74, 6) is -1.23. The molecule has 1 aromatic carbocycles. The van der Waals surface area contributed by atoms with Crippen LogP contribution in [-0.2, 0) is 19.1 Å². The summed E-state index contributed by atoms with van der Waals surface area (Å²) >= 11 is 0. The summed E-state index contributed by atoms with van der Waals surface area (Å²) in [5.41, 5.74) is 0.593. The SMILES string of the molecule is O=C(/C=C/c1ccc(O)c(O)c1)OCCCCCCCCCCCC(=O)OC[C@@H](O)CO. The van der Waals surface area contributed by atoms with Crippen molar-refractivity contribution in [3.8, 4) is 11.5 Å². The van der Waals surface area contributed by atoms with E-state index in [1.165, 1.54) is 24.3 Å². The van der Waals surface area contributed by atoms with Gasteiger partial charge >= 0.3 is 11.9 Å². The van der Waals surface area contributed by atoms with Gasteiger partial charge in [-0.2, -0.15) is 0 Å². The lowest BCUT2D eigenvalue weighted by atomic mass is 10.1. The van der Waals surface area contributed by atoms with Gasteiger partial charge in [-0.3, -0.25) is 4.79 Å². The number of phenolic OH excluding ortho intramolecular Hbond substituents is 2. The lowest BCUT2D eigenvalue weighted by Crippen LogP contribution is -2.21. The maximum atomic E-state index is 11.7. The largest absolute Gasteiger partial charge is 0.504 e. The van der Waals surface area contributed by atoms with Gasteiger partial charge in [-0.05, 0) is 36.6 Å². The second-order valence-electron chi connectivity index (χ2n) is 7.70. The van der Waals surface area contributed by atoms with Gasteiger partial charge in [0.1, 0.15) is 12.7 Å². The number of rotatable bonds is 17. The van der Waals surface area contributed by atoms with E-state index in [0.717, 1.165) is 57.8 Å². The summed E-state index contributed by atoms with van der Waals surface area (Å²) < 4.78 is 9.99. The summed E-state index contributed by atoms with van der Waals surface area (Å²) in [6, 6.07) is 4.30. The van der Waals surface area contributed by atoms with Crippen LogP contribution in [0.2, 0.25) is 0 Å². The van der Waals surface area contributed by atoms with Gasteiger partial charge in [0.15, 0.2) is 11.5 Å². The first-order valence-electron chi connectivity index (χ1n) is 11.2. The van der Waals surface area contributed by atoms with Crippen molar-refractivity contribution in [3.63, 3.8) is 0 Å². The molecule has 0 heterocycles. The average Bonchev–Trinajstić information content (AvgIpc) is 2.78. The van der Waals surface area contributed by atoms with E-state index in [9.17, 15) is 19.8 Å². The number of unbranched alkanes of at least 4 members (excludes halogenated alkanes) is 8. The summed E-state index contributed by atoms with van der Waals surface area (Å²) in [6.07, 6.45) is 11.2. The molecule has 0 saturated heterocycles. The number of aliphatic hydroxyl groups excluding tert-OH is 2. The van der Waals surface area contributed by atoms with Crippen LogP contribution >= 0.6 is 0 Å². The Morgan fingerprint density at radius 3 is 2.12 bits per heavy atom. The Balaban J connectivity index is 1.91. The predicted molar refractivity (Wildman–Crippen MR) is 120 cm³/mol. The fourth-order valence-electron chi connectivity index (χ4n) is 2.95. The minimum absolute atomic E-state index is 0.156. The molecule has 0 aliphatic heterocycles. The lowest BCUT2D eigenvalue weighted by molar-refractivity contribution is -0.147. The average molecular weight is 453 g/mol. The molecule has 0 spiro atoms. The number of phenols is 2. The highest BCUT2D eigenvalue weighted by molar-refractivity contribution is 5.87. The zero-order chi connectivity index (χ0) is 23.6. The van der Waals surface area contributed by atoms with Gasteiger partial charge in [-0.15, -0.1) is 0 Å². The van der Waals surface area contributed by atoms with E-state index in [1.54, 1.807) is 6.07 Å². The molecule has 0 unspecified atom stereocenters. The molecule has 0 aromatic heterocycles. The van der Waals surface area contributed by atoms with Crippen molar-refractivity contribution in [2.45, 2.75) is 70.3 Å². The van der Waals surface area contributed by atoms with Gasteiger partial charge in [0.2, 0.25) is 0 Å². The Kier molecular flexibility index (Phi) is 14.6. The lowest BCUT2D eigenvalue weighted by Gasteiger charge is -2.08. The molecule has 8 nitrogen and oxygen atoms in total. The van der Waals surface area contributed by atoms with E-state index < -0.39 is 18.7 Å². The Hall–Kier alpha value is -2.58. The van der Waals surface area contributed by atoms with Crippen LogP contribution < -0.4 is 0 Å². The summed E-state index contributed by atoms with van der Waals surface area (Å²) in [6.45, 7) is -0.198. The highest BCUT2D eigenvalue weighted by Gasteiger charge is 2.07. The zero-order valence-electron chi connectivity index (χ0n) is 18.6. The standard InChI is InChI=1S/C24H36O8/c25-17-20(26)18-32-23(29)10-8-6-4-2-1-3-5-7-9-15-31-24(30)14-12-19-11-13-21(27)22(28)16-19/h11-14,16,20,25-28H,1-10,15,17-18H2/b14-12+/t20-/m0/s1. The molecule has 1 rings (SSSR count). The number of carbonyl (C=O) groups excluding carboxylic acids is 2. The van der Waals surface area contributed by atoms with Gasteiger partial charge in [0.25, 0.3) is 0 Å². The number of hydrogen-bond acceptors (Lipinski definition) is 8. The first kappa shape index (κ1) is 27.5. The first-order chi connectivity index (χ1) is 15.4.